The highest BCUT2D eigenvalue weighted by atomic mass is 79.9. The Labute approximate surface area is 122 Å². The lowest BCUT2D eigenvalue weighted by Crippen LogP contribution is -2.44. The van der Waals surface area contributed by atoms with Crippen molar-refractivity contribution in [1.82, 2.24) is 4.90 Å². The summed E-state index contributed by atoms with van der Waals surface area (Å²) in [6.45, 7) is 6.44. The van der Waals surface area contributed by atoms with Gasteiger partial charge in [0.25, 0.3) is 0 Å². The van der Waals surface area contributed by atoms with E-state index in [-0.39, 0.29) is 12.7 Å². The zero-order valence-electron chi connectivity index (χ0n) is 11.1. The largest absolute Gasteiger partial charge is 0.491 e. The normalized spacial score (nSPS) is 20.5. The maximum absolute atomic E-state index is 9.21. The van der Waals surface area contributed by atoms with Crippen LogP contribution in [0.1, 0.15) is 12.5 Å². The summed E-state index contributed by atoms with van der Waals surface area (Å²) in [5, 5.41) is 9.21. The molecule has 1 fully saturated rings. The van der Waals surface area contributed by atoms with Crippen molar-refractivity contribution in [1.29, 1.82) is 0 Å². The van der Waals surface area contributed by atoms with Gasteiger partial charge in [-0.05, 0) is 30.3 Å². The molecule has 1 aromatic rings. The van der Waals surface area contributed by atoms with E-state index in [4.69, 9.17) is 9.47 Å². The number of aliphatic hydroxyl groups excluding tert-OH is 1. The molecule has 0 spiro atoms. The molecule has 1 heterocycles. The van der Waals surface area contributed by atoms with Gasteiger partial charge in [-0.25, -0.2) is 0 Å². The summed E-state index contributed by atoms with van der Waals surface area (Å²) >= 11 is 3.39. The van der Waals surface area contributed by atoms with E-state index in [1.54, 1.807) is 0 Å². The van der Waals surface area contributed by atoms with Crippen LogP contribution in [-0.2, 0) is 11.3 Å². The van der Waals surface area contributed by atoms with Gasteiger partial charge in [0.2, 0.25) is 0 Å². The van der Waals surface area contributed by atoms with Crippen molar-refractivity contribution in [2.24, 2.45) is 0 Å². The van der Waals surface area contributed by atoms with E-state index in [1.807, 2.05) is 18.2 Å². The number of nitrogens with zero attached hydrogens (tertiary/aromatic N) is 1. The SMILES string of the molecule is CCN1CCOC(COc2ccc(Br)c(CO)c2)C1. The number of ether oxygens (including phenoxy) is 2. The molecule has 1 aromatic carbocycles. The van der Waals surface area contributed by atoms with Crippen molar-refractivity contribution in [3.63, 3.8) is 0 Å². The molecule has 1 aliphatic rings. The second kappa shape index (κ2) is 7.24. The molecule has 4 nitrogen and oxygen atoms in total. The van der Waals surface area contributed by atoms with Crippen LogP contribution >= 0.6 is 15.9 Å². The number of benzene rings is 1. The Bertz CT molecular complexity index is 414. The van der Waals surface area contributed by atoms with Crippen LogP contribution in [0.15, 0.2) is 22.7 Å². The number of hydrogen-bond acceptors (Lipinski definition) is 4. The zero-order chi connectivity index (χ0) is 13.7. The van der Waals surface area contributed by atoms with E-state index in [9.17, 15) is 5.11 Å². The van der Waals surface area contributed by atoms with Crippen molar-refractivity contribution in [3.8, 4) is 5.75 Å². The summed E-state index contributed by atoms with van der Waals surface area (Å²) in [5.41, 5.74) is 0.831. The summed E-state index contributed by atoms with van der Waals surface area (Å²) in [6.07, 6.45) is 0.120. The molecule has 5 heteroatoms. The van der Waals surface area contributed by atoms with E-state index in [0.29, 0.717) is 6.61 Å². The predicted octanol–water partition coefficient (Wildman–Crippen LogP) is 2.04. The third-order valence-electron chi connectivity index (χ3n) is 3.29. The molecule has 0 radical (unpaired) electrons. The second-order valence-corrected chi connectivity index (χ2v) is 5.46. The van der Waals surface area contributed by atoms with Gasteiger partial charge < -0.3 is 14.6 Å². The molecule has 19 heavy (non-hydrogen) atoms. The minimum absolute atomic E-state index is 0.00131. The zero-order valence-corrected chi connectivity index (χ0v) is 12.7. The molecule has 0 aliphatic carbocycles. The van der Waals surface area contributed by atoms with Gasteiger partial charge >= 0.3 is 0 Å². The molecular weight excluding hydrogens is 310 g/mol. The van der Waals surface area contributed by atoms with Gasteiger partial charge in [-0.15, -0.1) is 0 Å². The second-order valence-electron chi connectivity index (χ2n) is 4.61. The molecular formula is C14H20BrNO3. The molecule has 1 unspecified atom stereocenters. The maximum Gasteiger partial charge on any atom is 0.119 e. The van der Waals surface area contributed by atoms with Gasteiger partial charge in [-0.1, -0.05) is 22.9 Å². The molecule has 0 bridgehead atoms. The smallest absolute Gasteiger partial charge is 0.119 e. The fourth-order valence-electron chi connectivity index (χ4n) is 2.12. The van der Waals surface area contributed by atoms with Gasteiger partial charge in [-0.3, -0.25) is 4.90 Å². The van der Waals surface area contributed by atoms with Crippen LogP contribution < -0.4 is 4.74 Å². The van der Waals surface area contributed by atoms with E-state index in [1.165, 1.54) is 0 Å². The van der Waals surface area contributed by atoms with Gasteiger partial charge in [0.05, 0.1) is 13.2 Å². The highest BCUT2D eigenvalue weighted by Gasteiger charge is 2.19. The quantitative estimate of drug-likeness (QED) is 0.897. The Balaban J connectivity index is 1.88. The summed E-state index contributed by atoms with van der Waals surface area (Å²) in [5.74, 6) is 0.768. The molecule has 2 rings (SSSR count). The first-order valence-electron chi connectivity index (χ1n) is 6.59. The molecule has 0 saturated carbocycles. The van der Waals surface area contributed by atoms with Gasteiger partial charge in [-0.2, -0.15) is 0 Å². The number of halogens is 1. The van der Waals surface area contributed by atoms with Gasteiger partial charge in [0.15, 0.2) is 0 Å². The van der Waals surface area contributed by atoms with E-state index < -0.39 is 0 Å². The van der Waals surface area contributed by atoms with Crippen LogP contribution in [-0.4, -0.2) is 49.0 Å². The van der Waals surface area contributed by atoms with Crippen LogP contribution in [0.25, 0.3) is 0 Å². The highest BCUT2D eigenvalue weighted by Crippen LogP contribution is 2.23. The summed E-state index contributed by atoms with van der Waals surface area (Å²) in [7, 11) is 0. The van der Waals surface area contributed by atoms with Gasteiger partial charge in [0.1, 0.15) is 18.5 Å². The van der Waals surface area contributed by atoms with Crippen molar-refractivity contribution >= 4 is 15.9 Å². The molecule has 0 aromatic heterocycles. The Hall–Kier alpha value is -0.620. The van der Waals surface area contributed by atoms with Crippen LogP contribution in [0.2, 0.25) is 0 Å². The van der Waals surface area contributed by atoms with Crippen molar-refractivity contribution < 1.29 is 14.6 Å². The van der Waals surface area contributed by atoms with Crippen molar-refractivity contribution in [3.05, 3.63) is 28.2 Å². The lowest BCUT2D eigenvalue weighted by atomic mass is 10.2. The summed E-state index contributed by atoms with van der Waals surface area (Å²) in [4.78, 5) is 2.36. The molecule has 1 N–H and O–H groups in total. The number of hydrogen-bond donors (Lipinski definition) is 1. The molecule has 106 valence electrons. The fourth-order valence-corrected chi connectivity index (χ4v) is 2.49. The molecule has 1 aliphatic heterocycles. The Morgan fingerprint density at radius 1 is 1.53 bits per heavy atom. The third-order valence-corrected chi connectivity index (χ3v) is 4.07. The minimum Gasteiger partial charge on any atom is -0.491 e. The number of likely N-dealkylation sites (N-methyl/N-ethyl adjacent to an activating group) is 1. The molecule has 1 atom stereocenters. The number of rotatable bonds is 5. The first-order valence-corrected chi connectivity index (χ1v) is 7.38. The number of aliphatic hydroxyl groups is 1. The lowest BCUT2D eigenvalue weighted by molar-refractivity contribution is -0.0464. The first-order chi connectivity index (χ1) is 9.22. The third kappa shape index (κ3) is 4.18. The first kappa shape index (κ1) is 14.8. The van der Waals surface area contributed by atoms with Crippen LogP contribution in [0.3, 0.4) is 0 Å². The lowest BCUT2D eigenvalue weighted by Gasteiger charge is -2.31. The van der Waals surface area contributed by atoms with E-state index >= 15 is 0 Å². The predicted molar refractivity (Wildman–Crippen MR) is 77.4 cm³/mol. The highest BCUT2D eigenvalue weighted by molar-refractivity contribution is 9.10. The summed E-state index contributed by atoms with van der Waals surface area (Å²) in [6, 6.07) is 5.63. The van der Waals surface area contributed by atoms with Crippen LogP contribution in [0.5, 0.6) is 5.75 Å². The maximum atomic E-state index is 9.21. The average molecular weight is 330 g/mol. The van der Waals surface area contributed by atoms with E-state index in [0.717, 1.165) is 42.0 Å². The van der Waals surface area contributed by atoms with E-state index in [2.05, 4.69) is 27.8 Å². The average Bonchev–Trinajstić information content (AvgIpc) is 2.46. The number of morpholine rings is 1. The Kier molecular flexibility index (Phi) is 5.63. The van der Waals surface area contributed by atoms with Gasteiger partial charge in [0, 0.05) is 17.6 Å². The summed E-state index contributed by atoms with van der Waals surface area (Å²) < 4.78 is 12.3. The Morgan fingerprint density at radius 3 is 3.11 bits per heavy atom. The van der Waals surface area contributed by atoms with Crippen LogP contribution in [0.4, 0.5) is 0 Å². The minimum atomic E-state index is 0.00131. The molecule has 1 saturated heterocycles. The Morgan fingerprint density at radius 2 is 2.37 bits per heavy atom. The topological polar surface area (TPSA) is 41.9 Å². The fraction of sp³-hybridized carbons (Fsp3) is 0.571. The van der Waals surface area contributed by atoms with Crippen LogP contribution in [0, 0.1) is 0 Å². The van der Waals surface area contributed by atoms with Crippen molar-refractivity contribution in [2.45, 2.75) is 19.6 Å². The molecule has 0 amide bonds. The monoisotopic (exact) mass is 329 g/mol. The standard InChI is InChI=1S/C14H20BrNO3/c1-2-16-5-6-18-13(8-16)10-19-12-3-4-14(15)11(7-12)9-17/h3-4,7,13,17H,2,5-6,8-10H2,1H3. The van der Waals surface area contributed by atoms with Crippen molar-refractivity contribution in [2.75, 3.05) is 32.8 Å².